The lowest BCUT2D eigenvalue weighted by atomic mass is 9.97. The standard InChI is InChI=1S/C18H21BrN2O5/c1-10-12(7-18(23)26-4)11(5-6-17(22)25-3)13(20-10)8-14-15(24-2)9-16(19)21-14/h8-9,21H,5-7H2,1-4H3/b13-8-. The first-order valence-corrected chi connectivity index (χ1v) is 8.74. The van der Waals surface area contributed by atoms with E-state index in [2.05, 4.69) is 25.9 Å². The number of methoxy groups -OCH3 is 3. The highest BCUT2D eigenvalue weighted by molar-refractivity contribution is 9.10. The summed E-state index contributed by atoms with van der Waals surface area (Å²) in [6, 6.07) is 1.81. The van der Waals surface area contributed by atoms with Crippen LogP contribution < -0.4 is 4.74 Å². The van der Waals surface area contributed by atoms with Crippen molar-refractivity contribution in [1.82, 2.24) is 4.98 Å². The maximum absolute atomic E-state index is 11.8. The van der Waals surface area contributed by atoms with Gasteiger partial charge < -0.3 is 19.2 Å². The molecule has 0 atom stereocenters. The van der Waals surface area contributed by atoms with Crippen LogP contribution in [0, 0.1) is 0 Å². The minimum absolute atomic E-state index is 0.102. The zero-order valence-electron chi connectivity index (χ0n) is 15.1. The Balaban J connectivity index is 2.43. The van der Waals surface area contributed by atoms with E-state index in [1.54, 1.807) is 7.11 Å². The number of aromatic nitrogens is 1. The average molecular weight is 425 g/mol. The monoisotopic (exact) mass is 424 g/mol. The topological polar surface area (TPSA) is 90.0 Å². The molecule has 1 aliphatic rings. The minimum Gasteiger partial charge on any atom is -0.494 e. The lowest BCUT2D eigenvalue weighted by Crippen LogP contribution is -2.08. The molecule has 1 aromatic rings. The van der Waals surface area contributed by atoms with Crippen LogP contribution in [0.2, 0.25) is 0 Å². The molecule has 2 heterocycles. The Morgan fingerprint density at radius 2 is 1.88 bits per heavy atom. The summed E-state index contributed by atoms with van der Waals surface area (Å²) < 4.78 is 15.6. The van der Waals surface area contributed by atoms with Crippen LogP contribution in [0.3, 0.4) is 0 Å². The van der Waals surface area contributed by atoms with Crippen molar-refractivity contribution in [3.63, 3.8) is 0 Å². The summed E-state index contributed by atoms with van der Waals surface area (Å²) in [5, 5.41) is 0. The maximum atomic E-state index is 11.8. The molecule has 140 valence electrons. The predicted octanol–water partition coefficient (Wildman–Crippen LogP) is 3.41. The quantitative estimate of drug-likeness (QED) is 0.677. The SMILES string of the molecule is COC(=O)CCC1=C(CC(=O)OC)C(C)=N/C1=C\c1[nH]c(Br)cc1OC. The fourth-order valence-electron chi connectivity index (χ4n) is 2.70. The Hall–Kier alpha value is -2.35. The van der Waals surface area contributed by atoms with Gasteiger partial charge in [0.25, 0.3) is 0 Å². The van der Waals surface area contributed by atoms with Gasteiger partial charge in [-0.15, -0.1) is 0 Å². The number of carbonyl (C=O) groups excluding carboxylic acids is 2. The predicted molar refractivity (Wildman–Crippen MR) is 101 cm³/mol. The van der Waals surface area contributed by atoms with Crippen molar-refractivity contribution < 1.29 is 23.8 Å². The third-order valence-corrected chi connectivity index (χ3v) is 4.46. The fraction of sp³-hybridized carbons (Fsp3) is 0.389. The van der Waals surface area contributed by atoms with Crippen molar-refractivity contribution in [3.8, 4) is 5.75 Å². The molecule has 0 saturated carbocycles. The summed E-state index contributed by atoms with van der Waals surface area (Å²) in [5.74, 6) is -0.0171. The van der Waals surface area contributed by atoms with Gasteiger partial charge >= 0.3 is 11.9 Å². The largest absolute Gasteiger partial charge is 0.494 e. The molecule has 8 heteroatoms. The number of rotatable bonds is 7. The minimum atomic E-state index is -0.355. The van der Waals surface area contributed by atoms with Gasteiger partial charge in [-0.05, 0) is 46.5 Å². The van der Waals surface area contributed by atoms with E-state index in [1.807, 2.05) is 19.1 Å². The number of esters is 2. The molecule has 1 N–H and O–H groups in total. The maximum Gasteiger partial charge on any atom is 0.310 e. The average Bonchev–Trinajstić information content (AvgIpc) is 3.12. The number of hydrogen-bond acceptors (Lipinski definition) is 6. The lowest BCUT2D eigenvalue weighted by Gasteiger charge is -2.08. The van der Waals surface area contributed by atoms with Gasteiger partial charge in [0.15, 0.2) is 0 Å². The van der Waals surface area contributed by atoms with Crippen molar-refractivity contribution in [2.45, 2.75) is 26.2 Å². The van der Waals surface area contributed by atoms with E-state index in [-0.39, 0.29) is 24.8 Å². The molecular formula is C18H21BrN2O5. The Morgan fingerprint density at radius 1 is 1.19 bits per heavy atom. The van der Waals surface area contributed by atoms with Crippen LogP contribution in [-0.2, 0) is 19.1 Å². The van der Waals surface area contributed by atoms with Crippen LogP contribution in [0.25, 0.3) is 6.08 Å². The summed E-state index contributed by atoms with van der Waals surface area (Å²) >= 11 is 3.38. The van der Waals surface area contributed by atoms with Crippen molar-refractivity contribution in [2.24, 2.45) is 4.99 Å². The van der Waals surface area contributed by atoms with Crippen LogP contribution in [0.5, 0.6) is 5.75 Å². The highest BCUT2D eigenvalue weighted by Crippen LogP contribution is 2.34. The Bertz CT molecular complexity index is 805. The van der Waals surface area contributed by atoms with E-state index in [0.717, 1.165) is 27.2 Å². The number of hydrogen-bond donors (Lipinski definition) is 1. The van der Waals surface area contributed by atoms with E-state index in [0.29, 0.717) is 17.9 Å². The number of halogens is 1. The smallest absolute Gasteiger partial charge is 0.310 e. The summed E-state index contributed by atoms with van der Waals surface area (Å²) in [6.45, 7) is 1.83. The molecule has 0 saturated heterocycles. The van der Waals surface area contributed by atoms with Crippen molar-refractivity contribution >= 4 is 39.7 Å². The van der Waals surface area contributed by atoms with Gasteiger partial charge in [0.2, 0.25) is 0 Å². The molecule has 0 spiro atoms. The number of aromatic amines is 1. The number of H-pyrrole nitrogens is 1. The van der Waals surface area contributed by atoms with Crippen molar-refractivity contribution in [3.05, 3.63) is 33.2 Å². The first-order valence-electron chi connectivity index (χ1n) is 7.95. The number of nitrogens with zero attached hydrogens (tertiary/aromatic N) is 1. The Kier molecular flexibility index (Phi) is 6.79. The Labute approximate surface area is 160 Å². The van der Waals surface area contributed by atoms with Gasteiger partial charge in [0.1, 0.15) is 5.75 Å². The zero-order chi connectivity index (χ0) is 19.3. The second-order valence-corrected chi connectivity index (χ2v) is 6.47. The third kappa shape index (κ3) is 4.63. The Morgan fingerprint density at radius 3 is 2.50 bits per heavy atom. The van der Waals surface area contributed by atoms with Crippen LogP contribution in [-0.4, -0.2) is 44.0 Å². The van der Waals surface area contributed by atoms with E-state index in [1.165, 1.54) is 14.2 Å². The summed E-state index contributed by atoms with van der Waals surface area (Å²) in [6.07, 6.45) is 2.55. The highest BCUT2D eigenvalue weighted by atomic mass is 79.9. The molecule has 0 unspecified atom stereocenters. The van der Waals surface area contributed by atoms with E-state index < -0.39 is 0 Å². The van der Waals surface area contributed by atoms with Crippen LogP contribution >= 0.6 is 15.9 Å². The summed E-state index contributed by atoms with van der Waals surface area (Å²) in [5.41, 5.74) is 3.74. The second-order valence-electron chi connectivity index (χ2n) is 5.61. The van der Waals surface area contributed by atoms with Gasteiger partial charge in [-0.3, -0.25) is 14.6 Å². The molecule has 0 aromatic carbocycles. The number of nitrogens with one attached hydrogen (secondary N) is 1. The number of ether oxygens (including phenoxy) is 3. The molecule has 7 nitrogen and oxygen atoms in total. The van der Waals surface area contributed by atoms with Crippen LogP contribution in [0.15, 0.2) is 32.5 Å². The van der Waals surface area contributed by atoms with E-state index >= 15 is 0 Å². The van der Waals surface area contributed by atoms with E-state index in [4.69, 9.17) is 14.2 Å². The lowest BCUT2D eigenvalue weighted by molar-refractivity contribution is -0.140. The molecule has 0 aliphatic carbocycles. The molecule has 26 heavy (non-hydrogen) atoms. The van der Waals surface area contributed by atoms with Gasteiger partial charge in [0.05, 0.1) is 43.7 Å². The first-order chi connectivity index (χ1) is 12.4. The number of carbonyl (C=O) groups is 2. The third-order valence-electron chi connectivity index (χ3n) is 4.03. The van der Waals surface area contributed by atoms with Crippen molar-refractivity contribution in [2.75, 3.05) is 21.3 Å². The van der Waals surface area contributed by atoms with Gasteiger partial charge in [-0.25, -0.2) is 0 Å². The normalized spacial score (nSPS) is 15.3. The molecule has 0 fully saturated rings. The molecule has 1 aromatic heterocycles. The second kappa shape index (κ2) is 8.84. The van der Waals surface area contributed by atoms with E-state index in [9.17, 15) is 9.59 Å². The molecule has 0 amide bonds. The molecular weight excluding hydrogens is 404 g/mol. The highest BCUT2D eigenvalue weighted by Gasteiger charge is 2.24. The van der Waals surface area contributed by atoms with Crippen molar-refractivity contribution in [1.29, 1.82) is 0 Å². The van der Waals surface area contributed by atoms with Gasteiger partial charge in [-0.2, -0.15) is 0 Å². The molecule has 2 rings (SSSR count). The van der Waals surface area contributed by atoms with Gasteiger partial charge in [0, 0.05) is 18.2 Å². The number of allylic oxidation sites excluding steroid dienone is 1. The summed E-state index contributed by atoms with van der Waals surface area (Å²) in [4.78, 5) is 31.1. The molecule has 0 radical (unpaired) electrons. The van der Waals surface area contributed by atoms with Gasteiger partial charge in [-0.1, -0.05) is 0 Å². The zero-order valence-corrected chi connectivity index (χ0v) is 16.7. The summed E-state index contributed by atoms with van der Waals surface area (Å²) in [7, 11) is 4.27. The van der Waals surface area contributed by atoms with Crippen LogP contribution in [0.1, 0.15) is 31.9 Å². The first kappa shape index (κ1) is 20.0. The molecule has 1 aliphatic heterocycles. The van der Waals surface area contributed by atoms with Crippen LogP contribution in [0.4, 0.5) is 0 Å². The molecule has 0 bridgehead atoms. The fourth-order valence-corrected chi connectivity index (χ4v) is 3.12. The number of aliphatic imine (C=N–C) groups is 1.